The zero-order chi connectivity index (χ0) is 19.0. The van der Waals surface area contributed by atoms with Gasteiger partial charge in [0.25, 0.3) is 0 Å². The van der Waals surface area contributed by atoms with Crippen molar-refractivity contribution in [1.82, 2.24) is 4.57 Å². The van der Waals surface area contributed by atoms with Crippen LogP contribution in [-0.4, -0.2) is 21.5 Å². The second-order valence-corrected chi connectivity index (χ2v) is 6.99. The molecular formula is C22H22N2O3. The van der Waals surface area contributed by atoms with Gasteiger partial charge >= 0.3 is 0 Å². The first-order valence-electron chi connectivity index (χ1n) is 9.33. The maximum atomic E-state index is 13.1. The summed E-state index contributed by atoms with van der Waals surface area (Å²) in [5.41, 5.74) is 2.42. The van der Waals surface area contributed by atoms with E-state index in [2.05, 4.69) is 17.6 Å². The highest BCUT2D eigenvalue weighted by atomic mass is 16.3. The number of hydrogen-bond acceptors (Lipinski definition) is 3. The molecule has 0 spiro atoms. The Morgan fingerprint density at radius 1 is 1.11 bits per heavy atom. The van der Waals surface area contributed by atoms with Gasteiger partial charge < -0.3 is 9.67 Å². The van der Waals surface area contributed by atoms with Gasteiger partial charge in [-0.25, -0.2) is 4.90 Å². The highest BCUT2D eigenvalue weighted by Crippen LogP contribution is 2.38. The van der Waals surface area contributed by atoms with E-state index >= 15 is 0 Å². The molecule has 1 saturated heterocycles. The molecule has 2 aromatic carbocycles. The van der Waals surface area contributed by atoms with Crippen LogP contribution in [0.5, 0.6) is 5.75 Å². The molecular weight excluding hydrogens is 340 g/mol. The van der Waals surface area contributed by atoms with Crippen LogP contribution in [0.15, 0.2) is 54.7 Å². The summed E-state index contributed by atoms with van der Waals surface area (Å²) < 4.78 is 2.18. The van der Waals surface area contributed by atoms with Crippen LogP contribution in [-0.2, 0) is 16.1 Å². The van der Waals surface area contributed by atoms with Crippen molar-refractivity contribution in [3.63, 3.8) is 0 Å². The number of unbranched alkanes of at least 4 members (excludes halogenated alkanes) is 1. The number of aromatic nitrogens is 1. The third-order valence-corrected chi connectivity index (χ3v) is 5.18. The quantitative estimate of drug-likeness (QED) is 0.692. The maximum absolute atomic E-state index is 13.1. The number of phenolic OH excluding ortho intramolecular Hbond substituents is 1. The third kappa shape index (κ3) is 2.99. The molecule has 1 N–H and O–H groups in total. The van der Waals surface area contributed by atoms with Gasteiger partial charge in [-0.2, -0.15) is 0 Å². The lowest BCUT2D eigenvalue weighted by atomic mass is 9.97. The molecule has 138 valence electrons. The van der Waals surface area contributed by atoms with Crippen LogP contribution >= 0.6 is 0 Å². The second kappa shape index (κ2) is 6.91. The largest absolute Gasteiger partial charge is 0.508 e. The van der Waals surface area contributed by atoms with E-state index in [-0.39, 0.29) is 24.0 Å². The summed E-state index contributed by atoms with van der Waals surface area (Å²) in [6.45, 7) is 3.04. The first-order chi connectivity index (χ1) is 13.1. The van der Waals surface area contributed by atoms with Crippen LogP contribution in [0.4, 0.5) is 5.69 Å². The third-order valence-electron chi connectivity index (χ3n) is 5.18. The molecule has 0 aliphatic carbocycles. The highest BCUT2D eigenvalue weighted by molar-refractivity contribution is 6.23. The van der Waals surface area contributed by atoms with Crippen LogP contribution < -0.4 is 4.90 Å². The average molecular weight is 362 g/mol. The topological polar surface area (TPSA) is 62.5 Å². The van der Waals surface area contributed by atoms with Gasteiger partial charge in [0.1, 0.15) is 5.75 Å². The Labute approximate surface area is 157 Å². The smallest absolute Gasteiger partial charge is 0.241 e. The Morgan fingerprint density at radius 2 is 1.93 bits per heavy atom. The van der Waals surface area contributed by atoms with Gasteiger partial charge in [0, 0.05) is 36.1 Å². The van der Waals surface area contributed by atoms with Crippen LogP contribution in [0.3, 0.4) is 0 Å². The zero-order valence-electron chi connectivity index (χ0n) is 15.3. The predicted molar refractivity (Wildman–Crippen MR) is 105 cm³/mol. The summed E-state index contributed by atoms with van der Waals surface area (Å²) in [6.07, 6.45) is 4.33. The lowest BCUT2D eigenvalue weighted by molar-refractivity contribution is -0.121. The van der Waals surface area contributed by atoms with Crippen molar-refractivity contribution >= 4 is 28.4 Å². The number of imide groups is 1. The molecule has 5 nitrogen and oxygen atoms in total. The Hall–Kier alpha value is -3.08. The molecule has 0 bridgehead atoms. The first kappa shape index (κ1) is 17.3. The second-order valence-electron chi connectivity index (χ2n) is 6.99. The van der Waals surface area contributed by atoms with Gasteiger partial charge in [-0.05, 0) is 30.2 Å². The number of benzene rings is 2. The van der Waals surface area contributed by atoms with E-state index in [0.717, 1.165) is 35.9 Å². The number of carbonyl (C=O) groups excluding carboxylic acids is 2. The molecule has 0 radical (unpaired) electrons. The summed E-state index contributed by atoms with van der Waals surface area (Å²) in [5, 5.41) is 10.7. The highest BCUT2D eigenvalue weighted by Gasteiger charge is 2.41. The number of aromatic hydroxyl groups is 1. The van der Waals surface area contributed by atoms with Crippen molar-refractivity contribution in [3.05, 3.63) is 60.3 Å². The molecule has 1 fully saturated rings. The molecule has 5 heteroatoms. The van der Waals surface area contributed by atoms with E-state index < -0.39 is 5.92 Å². The fraction of sp³-hybridized carbons (Fsp3) is 0.273. The van der Waals surface area contributed by atoms with E-state index in [0.29, 0.717) is 5.69 Å². The van der Waals surface area contributed by atoms with Gasteiger partial charge in [0.2, 0.25) is 11.8 Å². The van der Waals surface area contributed by atoms with E-state index in [9.17, 15) is 14.7 Å². The molecule has 1 aromatic heterocycles. The normalized spacial score (nSPS) is 17.2. The number of para-hydroxylation sites is 1. The standard InChI is InChI=1S/C22H22N2O3/c1-2-3-11-23-14-19(17-9-4-5-10-20(17)23)18-13-21(26)24(22(18)27)15-7-6-8-16(25)12-15/h4-10,12,14,18,25H,2-3,11,13H2,1H3. The Balaban J connectivity index is 1.74. The van der Waals surface area contributed by atoms with E-state index in [1.807, 2.05) is 24.4 Å². The molecule has 0 saturated carbocycles. The number of amides is 2. The SMILES string of the molecule is CCCCn1cc(C2CC(=O)N(c3cccc(O)c3)C2=O)c2ccccc21. The molecule has 2 amide bonds. The molecule has 1 aliphatic heterocycles. The zero-order valence-corrected chi connectivity index (χ0v) is 15.3. The number of rotatable bonds is 5. The molecule has 1 aliphatic rings. The van der Waals surface area contributed by atoms with Gasteiger partial charge in [-0.15, -0.1) is 0 Å². The molecule has 3 aromatic rings. The monoisotopic (exact) mass is 362 g/mol. The number of aryl methyl sites for hydroxylation is 1. The molecule has 1 unspecified atom stereocenters. The number of nitrogens with zero attached hydrogens (tertiary/aromatic N) is 2. The molecule has 1 atom stereocenters. The van der Waals surface area contributed by atoms with E-state index in [1.165, 1.54) is 17.0 Å². The Morgan fingerprint density at radius 3 is 2.70 bits per heavy atom. The summed E-state index contributed by atoms with van der Waals surface area (Å²) in [7, 11) is 0. The first-order valence-corrected chi connectivity index (χ1v) is 9.33. The summed E-state index contributed by atoms with van der Waals surface area (Å²) in [6, 6.07) is 14.3. The summed E-state index contributed by atoms with van der Waals surface area (Å²) >= 11 is 0. The molecule has 2 heterocycles. The van der Waals surface area contributed by atoms with Crippen molar-refractivity contribution in [3.8, 4) is 5.75 Å². The van der Waals surface area contributed by atoms with Crippen LogP contribution in [0, 0.1) is 0 Å². The van der Waals surface area contributed by atoms with Gasteiger partial charge in [0.05, 0.1) is 11.6 Å². The van der Waals surface area contributed by atoms with Crippen molar-refractivity contribution in [2.24, 2.45) is 0 Å². The van der Waals surface area contributed by atoms with Crippen molar-refractivity contribution < 1.29 is 14.7 Å². The number of anilines is 1. The lowest BCUT2D eigenvalue weighted by Gasteiger charge is -2.15. The number of phenols is 1. The lowest BCUT2D eigenvalue weighted by Crippen LogP contribution is -2.29. The van der Waals surface area contributed by atoms with Gasteiger partial charge in [-0.3, -0.25) is 9.59 Å². The average Bonchev–Trinajstić information content (AvgIpc) is 3.17. The molecule has 4 rings (SSSR count). The minimum Gasteiger partial charge on any atom is -0.508 e. The minimum absolute atomic E-state index is 0.0349. The Bertz CT molecular complexity index is 1020. The van der Waals surface area contributed by atoms with Crippen LogP contribution in [0.1, 0.15) is 37.7 Å². The number of carbonyl (C=O) groups is 2. The van der Waals surface area contributed by atoms with Crippen molar-refractivity contribution in [1.29, 1.82) is 0 Å². The summed E-state index contributed by atoms with van der Waals surface area (Å²) in [5.74, 6) is -0.926. The fourth-order valence-electron chi connectivity index (χ4n) is 3.84. The van der Waals surface area contributed by atoms with Crippen molar-refractivity contribution in [2.45, 2.75) is 38.6 Å². The van der Waals surface area contributed by atoms with Crippen LogP contribution in [0.25, 0.3) is 10.9 Å². The van der Waals surface area contributed by atoms with Gasteiger partial charge in [-0.1, -0.05) is 37.6 Å². The van der Waals surface area contributed by atoms with E-state index in [1.54, 1.807) is 12.1 Å². The van der Waals surface area contributed by atoms with Crippen LogP contribution in [0.2, 0.25) is 0 Å². The Kier molecular flexibility index (Phi) is 4.44. The van der Waals surface area contributed by atoms with E-state index in [4.69, 9.17) is 0 Å². The fourth-order valence-corrected chi connectivity index (χ4v) is 3.84. The van der Waals surface area contributed by atoms with Crippen molar-refractivity contribution in [2.75, 3.05) is 4.90 Å². The van der Waals surface area contributed by atoms with Gasteiger partial charge in [0.15, 0.2) is 0 Å². The maximum Gasteiger partial charge on any atom is 0.241 e. The molecule has 27 heavy (non-hydrogen) atoms. The summed E-state index contributed by atoms with van der Waals surface area (Å²) in [4.78, 5) is 26.9. The predicted octanol–water partition coefficient (Wildman–Crippen LogP) is 4.19. The minimum atomic E-state index is -0.493. The number of hydrogen-bond donors (Lipinski definition) is 1. The number of fused-ring (bicyclic) bond motifs is 1.